The van der Waals surface area contributed by atoms with Gasteiger partial charge in [-0.25, -0.2) is 0 Å². The van der Waals surface area contributed by atoms with E-state index in [2.05, 4.69) is 32.7 Å². The average Bonchev–Trinajstić information content (AvgIpc) is 3.34. The van der Waals surface area contributed by atoms with Gasteiger partial charge in [-0.1, -0.05) is 25.3 Å². The SMILES string of the molecule is I.c1ccc(CN2CCC(NC(=NCC3CCCCC3)NCCc3ccco3)CC2)nc1. The maximum atomic E-state index is 5.47. The Kier molecular flexibility index (Phi) is 10.8. The molecule has 7 heteroatoms. The van der Waals surface area contributed by atoms with E-state index in [1.807, 2.05) is 24.4 Å². The number of rotatable bonds is 8. The first-order valence-corrected chi connectivity index (χ1v) is 12.0. The maximum Gasteiger partial charge on any atom is 0.191 e. The lowest BCUT2D eigenvalue weighted by Crippen LogP contribution is -2.49. The standard InChI is InChI=1S/C25H37N5O.HI/c1-2-7-21(8-3-1)19-28-25(27-15-11-24-10-6-18-31-24)29-22-12-16-30(17-13-22)20-23-9-4-5-14-26-23;/h4-6,9-10,14,18,21-22H,1-3,7-8,11-13,15-17,19-20H2,(H2,27,28,29);1H. The highest BCUT2D eigenvalue weighted by atomic mass is 127. The molecule has 2 aromatic rings. The predicted molar refractivity (Wildman–Crippen MR) is 140 cm³/mol. The minimum Gasteiger partial charge on any atom is -0.469 e. The number of likely N-dealkylation sites (tertiary alicyclic amines) is 1. The van der Waals surface area contributed by atoms with Gasteiger partial charge in [-0.2, -0.15) is 0 Å². The number of aromatic nitrogens is 1. The topological polar surface area (TPSA) is 65.7 Å². The maximum absolute atomic E-state index is 5.47. The fourth-order valence-electron chi connectivity index (χ4n) is 4.65. The summed E-state index contributed by atoms with van der Waals surface area (Å²) in [5.74, 6) is 2.74. The van der Waals surface area contributed by atoms with Crippen LogP contribution in [0, 0.1) is 5.92 Å². The van der Waals surface area contributed by atoms with Crippen molar-refractivity contribution in [2.45, 2.75) is 64.0 Å². The summed E-state index contributed by atoms with van der Waals surface area (Å²) in [6.45, 7) is 4.90. The second-order valence-electron chi connectivity index (χ2n) is 8.97. The summed E-state index contributed by atoms with van der Waals surface area (Å²) in [5.41, 5.74) is 1.16. The van der Waals surface area contributed by atoms with Gasteiger partial charge in [0, 0.05) is 51.4 Å². The van der Waals surface area contributed by atoms with Crippen LogP contribution in [0.25, 0.3) is 0 Å². The predicted octanol–water partition coefficient (Wildman–Crippen LogP) is 4.62. The average molecular weight is 552 g/mol. The number of hydrogen-bond acceptors (Lipinski definition) is 4. The Balaban J connectivity index is 0.00000289. The van der Waals surface area contributed by atoms with Crippen LogP contribution in [-0.4, -0.2) is 48.1 Å². The Labute approximate surface area is 209 Å². The molecule has 2 aliphatic rings. The lowest BCUT2D eigenvalue weighted by Gasteiger charge is -2.33. The van der Waals surface area contributed by atoms with Gasteiger partial charge in [0.1, 0.15) is 5.76 Å². The minimum atomic E-state index is 0. The lowest BCUT2D eigenvalue weighted by atomic mass is 9.89. The van der Waals surface area contributed by atoms with Crippen molar-refractivity contribution in [2.24, 2.45) is 10.9 Å². The van der Waals surface area contributed by atoms with Crippen molar-refractivity contribution < 1.29 is 4.42 Å². The van der Waals surface area contributed by atoms with Gasteiger partial charge in [-0.05, 0) is 55.9 Å². The van der Waals surface area contributed by atoms with Crippen molar-refractivity contribution in [3.63, 3.8) is 0 Å². The van der Waals surface area contributed by atoms with Crippen LogP contribution in [0.2, 0.25) is 0 Å². The van der Waals surface area contributed by atoms with Crippen LogP contribution in [0.15, 0.2) is 52.2 Å². The number of nitrogens with zero attached hydrogens (tertiary/aromatic N) is 3. The lowest BCUT2D eigenvalue weighted by molar-refractivity contribution is 0.196. The molecule has 3 heterocycles. The molecule has 2 aromatic heterocycles. The molecule has 0 spiro atoms. The number of piperidine rings is 1. The Hall–Kier alpha value is -1.61. The van der Waals surface area contributed by atoms with Crippen LogP contribution in [-0.2, 0) is 13.0 Å². The molecule has 176 valence electrons. The van der Waals surface area contributed by atoms with Gasteiger partial charge in [-0.15, -0.1) is 24.0 Å². The van der Waals surface area contributed by atoms with Crippen molar-refractivity contribution in [1.82, 2.24) is 20.5 Å². The third-order valence-electron chi connectivity index (χ3n) is 6.52. The molecule has 4 rings (SSSR count). The quantitative estimate of drug-likeness (QED) is 0.285. The molecule has 1 aliphatic heterocycles. The number of pyridine rings is 1. The molecule has 1 saturated heterocycles. The van der Waals surface area contributed by atoms with E-state index in [9.17, 15) is 0 Å². The number of halogens is 1. The van der Waals surface area contributed by atoms with Crippen molar-refractivity contribution in [3.05, 3.63) is 54.2 Å². The van der Waals surface area contributed by atoms with Crippen LogP contribution in [0.5, 0.6) is 0 Å². The van der Waals surface area contributed by atoms with E-state index < -0.39 is 0 Å². The van der Waals surface area contributed by atoms with E-state index in [0.29, 0.717) is 6.04 Å². The zero-order valence-electron chi connectivity index (χ0n) is 19.0. The van der Waals surface area contributed by atoms with Gasteiger partial charge in [0.2, 0.25) is 0 Å². The van der Waals surface area contributed by atoms with Crippen LogP contribution < -0.4 is 10.6 Å². The molecule has 2 N–H and O–H groups in total. The zero-order chi connectivity index (χ0) is 21.1. The molecule has 32 heavy (non-hydrogen) atoms. The largest absolute Gasteiger partial charge is 0.469 e. The first-order valence-electron chi connectivity index (χ1n) is 12.0. The van der Waals surface area contributed by atoms with Gasteiger partial charge >= 0.3 is 0 Å². The fraction of sp³-hybridized carbons (Fsp3) is 0.600. The molecule has 2 fully saturated rings. The summed E-state index contributed by atoms with van der Waals surface area (Å²) in [7, 11) is 0. The van der Waals surface area contributed by atoms with Crippen molar-refractivity contribution >= 4 is 29.9 Å². The van der Waals surface area contributed by atoms with Crippen LogP contribution >= 0.6 is 24.0 Å². The molecule has 1 aliphatic carbocycles. The van der Waals surface area contributed by atoms with Crippen molar-refractivity contribution in [1.29, 1.82) is 0 Å². The van der Waals surface area contributed by atoms with Crippen LogP contribution in [0.4, 0.5) is 0 Å². The van der Waals surface area contributed by atoms with Gasteiger partial charge in [0.25, 0.3) is 0 Å². The molecular weight excluding hydrogens is 513 g/mol. The minimum absolute atomic E-state index is 0. The fourth-order valence-corrected chi connectivity index (χ4v) is 4.65. The summed E-state index contributed by atoms with van der Waals surface area (Å²) >= 11 is 0. The van der Waals surface area contributed by atoms with Gasteiger partial charge in [0.05, 0.1) is 12.0 Å². The summed E-state index contributed by atoms with van der Waals surface area (Å²) in [5, 5.41) is 7.28. The third kappa shape index (κ3) is 8.39. The highest BCUT2D eigenvalue weighted by Gasteiger charge is 2.21. The van der Waals surface area contributed by atoms with Crippen LogP contribution in [0.1, 0.15) is 56.4 Å². The molecule has 1 saturated carbocycles. The van der Waals surface area contributed by atoms with Gasteiger partial charge in [-0.3, -0.25) is 14.9 Å². The Bertz CT molecular complexity index is 769. The molecule has 0 amide bonds. The Morgan fingerprint density at radius 2 is 1.91 bits per heavy atom. The normalized spacial score (nSPS) is 18.8. The number of nitrogens with one attached hydrogen (secondary N) is 2. The number of aliphatic imine (C=N–C) groups is 1. The smallest absolute Gasteiger partial charge is 0.191 e. The van der Waals surface area contributed by atoms with Crippen molar-refractivity contribution in [3.8, 4) is 0 Å². The van der Waals surface area contributed by atoms with Crippen molar-refractivity contribution in [2.75, 3.05) is 26.2 Å². The highest BCUT2D eigenvalue weighted by molar-refractivity contribution is 14.0. The summed E-state index contributed by atoms with van der Waals surface area (Å²) < 4.78 is 5.47. The molecule has 0 atom stereocenters. The summed E-state index contributed by atoms with van der Waals surface area (Å²) in [6.07, 6.45) is 13.5. The van der Waals surface area contributed by atoms with Gasteiger partial charge in [0.15, 0.2) is 5.96 Å². The second-order valence-corrected chi connectivity index (χ2v) is 8.97. The van der Waals surface area contributed by atoms with E-state index in [4.69, 9.17) is 9.41 Å². The molecule has 6 nitrogen and oxygen atoms in total. The molecule has 0 aromatic carbocycles. The Morgan fingerprint density at radius 1 is 1.06 bits per heavy atom. The highest BCUT2D eigenvalue weighted by Crippen LogP contribution is 2.23. The van der Waals surface area contributed by atoms with E-state index in [0.717, 1.165) is 75.3 Å². The van der Waals surface area contributed by atoms with Gasteiger partial charge < -0.3 is 15.1 Å². The van der Waals surface area contributed by atoms with E-state index in [1.54, 1.807) is 6.26 Å². The zero-order valence-corrected chi connectivity index (χ0v) is 21.4. The summed E-state index contributed by atoms with van der Waals surface area (Å²) in [4.78, 5) is 12.0. The van der Waals surface area contributed by atoms with E-state index in [1.165, 1.54) is 32.1 Å². The summed E-state index contributed by atoms with van der Waals surface area (Å²) in [6, 6.07) is 10.6. The monoisotopic (exact) mass is 551 g/mol. The van der Waals surface area contributed by atoms with E-state index >= 15 is 0 Å². The van der Waals surface area contributed by atoms with Crippen LogP contribution in [0.3, 0.4) is 0 Å². The Morgan fingerprint density at radius 3 is 2.62 bits per heavy atom. The molecule has 0 bridgehead atoms. The number of furan rings is 1. The number of guanidine groups is 1. The molecular formula is C25H38IN5O. The first-order chi connectivity index (χ1) is 15.3. The first kappa shape index (κ1) is 25.0. The third-order valence-corrected chi connectivity index (χ3v) is 6.52. The molecule has 0 unspecified atom stereocenters. The van der Waals surface area contributed by atoms with E-state index in [-0.39, 0.29) is 24.0 Å². The number of hydrogen-bond donors (Lipinski definition) is 2. The second kappa shape index (κ2) is 13.8. The molecule has 0 radical (unpaired) electrons.